The van der Waals surface area contributed by atoms with E-state index in [2.05, 4.69) is 15.5 Å². The molecule has 0 aliphatic heterocycles. The number of nitrogens with one attached hydrogen (secondary N) is 1. The van der Waals surface area contributed by atoms with Crippen LogP contribution < -0.4 is 5.32 Å². The molecule has 0 radical (unpaired) electrons. The number of amides is 2. The van der Waals surface area contributed by atoms with Crippen LogP contribution in [0.2, 0.25) is 0 Å². The second-order valence-electron chi connectivity index (χ2n) is 4.49. The van der Waals surface area contributed by atoms with Crippen molar-refractivity contribution in [3.05, 3.63) is 12.2 Å². The van der Waals surface area contributed by atoms with Crippen LogP contribution in [-0.2, 0) is 18.2 Å². The first-order chi connectivity index (χ1) is 9.04. The Balaban J connectivity index is 2.25. The van der Waals surface area contributed by atoms with Crippen LogP contribution in [0.3, 0.4) is 0 Å². The lowest BCUT2D eigenvalue weighted by atomic mass is 10.3. The van der Waals surface area contributed by atoms with Gasteiger partial charge in [0, 0.05) is 40.2 Å². The van der Waals surface area contributed by atoms with Gasteiger partial charge in [0.05, 0.1) is 6.10 Å². The van der Waals surface area contributed by atoms with Gasteiger partial charge in [0.15, 0.2) is 0 Å². The van der Waals surface area contributed by atoms with Crippen LogP contribution in [0, 0.1) is 0 Å². The van der Waals surface area contributed by atoms with E-state index in [0.29, 0.717) is 26.1 Å². The van der Waals surface area contributed by atoms with Crippen LogP contribution >= 0.6 is 0 Å². The molecule has 1 heterocycles. The van der Waals surface area contributed by atoms with E-state index in [1.807, 2.05) is 25.5 Å². The molecule has 0 aliphatic carbocycles. The van der Waals surface area contributed by atoms with E-state index >= 15 is 0 Å². The summed E-state index contributed by atoms with van der Waals surface area (Å²) in [5, 5.41) is 10.6. The summed E-state index contributed by atoms with van der Waals surface area (Å²) in [6, 6.07) is -0.103. The number of ether oxygens (including phenoxy) is 1. The summed E-state index contributed by atoms with van der Waals surface area (Å²) >= 11 is 0. The van der Waals surface area contributed by atoms with Crippen LogP contribution in [0.4, 0.5) is 4.79 Å². The van der Waals surface area contributed by atoms with Crippen LogP contribution in [-0.4, -0.2) is 58.5 Å². The summed E-state index contributed by atoms with van der Waals surface area (Å²) in [5.41, 5.74) is 0. The monoisotopic (exact) mass is 269 g/mol. The summed E-state index contributed by atoms with van der Waals surface area (Å²) < 4.78 is 7.24. The number of aromatic nitrogens is 3. The minimum Gasteiger partial charge on any atom is -0.377 e. The SMILES string of the molecule is CCO[C@@H](C)CN(C)C(=O)NCCc1nncn1C. The van der Waals surface area contributed by atoms with Crippen molar-refractivity contribution < 1.29 is 9.53 Å². The number of hydrogen-bond acceptors (Lipinski definition) is 4. The quantitative estimate of drug-likeness (QED) is 0.779. The van der Waals surface area contributed by atoms with Crippen molar-refractivity contribution in [1.82, 2.24) is 25.0 Å². The van der Waals surface area contributed by atoms with Crippen LogP contribution in [0.15, 0.2) is 6.33 Å². The number of urea groups is 1. The lowest BCUT2D eigenvalue weighted by Gasteiger charge is -2.21. The van der Waals surface area contributed by atoms with Crippen LogP contribution in [0.25, 0.3) is 0 Å². The molecule has 1 atom stereocenters. The van der Waals surface area contributed by atoms with Gasteiger partial charge >= 0.3 is 6.03 Å². The Labute approximate surface area is 113 Å². The summed E-state index contributed by atoms with van der Waals surface area (Å²) in [6.45, 7) is 5.66. The highest BCUT2D eigenvalue weighted by Crippen LogP contribution is 1.96. The Kier molecular flexibility index (Phi) is 6.27. The zero-order chi connectivity index (χ0) is 14.3. The highest BCUT2D eigenvalue weighted by atomic mass is 16.5. The third kappa shape index (κ3) is 5.25. The van der Waals surface area contributed by atoms with Gasteiger partial charge in [-0.2, -0.15) is 0 Å². The molecule has 1 aromatic heterocycles. The predicted molar refractivity (Wildman–Crippen MR) is 71.8 cm³/mol. The fourth-order valence-corrected chi connectivity index (χ4v) is 1.76. The Morgan fingerprint density at radius 2 is 2.37 bits per heavy atom. The number of likely N-dealkylation sites (N-methyl/N-ethyl adjacent to an activating group) is 1. The summed E-state index contributed by atoms with van der Waals surface area (Å²) in [7, 11) is 3.64. The molecule has 0 saturated carbocycles. The molecule has 1 aromatic rings. The van der Waals surface area contributed by atoms with Crippen molar-refractivity contribution in [1.29, 1.82) is 0 Å². The van der Waals surface area contributed by atoms with Gasteiger partial charge in [-0.25, -0.2) is 4.79 Å². The number of rotatable bonds is 7. The number of carbonyl (C=O) groups excluding carboxylic acids is 1. The second kappa shape index (κ2) is 7.73. The second-order valence-corrected chi connectivity index (χ2v) is 4.49. The molecule has 0 saturated heterocycles. The number of carbonyl (C=O) groups is 1. The molecule has 2 amide bonds. The molecule has 0 aromatic carbocycles. The molecule has 0 spiro atoms. The molecule has 108 valence electrons. The lowest BCUT2D eigenvalue weighted by molar-refractivity contribution is 0.0581. The molecule has 7 heteroatoms. The van der Waals surface area contributed by atoms with Gasteiger partial charge in [0.2, 0.25) is 0 Å². The number of aryl methyl sites for hydroxylation is 1. The maximum atomic E-state index is 11.8. The summed E-state index contributed by atoms with van der Waals surface area (Å²) in [5.74, 6) is 0.852. The van der Waals surface area contributed by atoms with Crippen LogP contribution in [0.1, 0.15) is 19.7 Å². The minimum atomic E-state index is -0.103. The lowest BCUT2D eigenvalue weighted by Crippen LogP contribution is -2.42. The normalized spacial score (nSPS) is 12.2. The molecule has 1 N–H and O–H groups in total. The fraction of sp³-hybridized carbons (Fsp3) is 0.750. The van der Waals surface area contributed by atoms with E-state index < -0.39 is 0 Å². The van der Waals surface area contributed by atoms with Crippen molar-refractivity contribution in [2.75, 3.05) is 26.7 Å². The molecule has 0 bridgehead atoms. The van der Waals surface area contributed by atoms with Crippen molar-refractivity contribution >= 4 is 6.03 Å². The highest BCUT2D eigenvalue weighted by molar-refractivity contribution is 5.73. The standard InChI is InChI=1S/C12H23N5O2/c1-5-19-10(2)8-16(3)12(18)13-7-6-11-15-14-9-17(11)4/h9-10H,5-8H2,1-4H3,(H,13,18)/t10-/m0/s1. The van der Waals surface area contributed by atoms with Gasteiger partial charge in [-0.3, -0.25) is 0 Å². The van der Waals surface area contributed by atoms with E-state index in [9.17, 15) is 4.79 Å². The van der Waals surface area contributed by atoms with E-state index in [1.165, 1.54) is 0 Å². The van der Waals surface area contributed by atoms with Gasteiger partial charge in [0.1, 0.15) is 12.2 Å². The van der Waals surface area contributed by atoms with Gasteiger partial charge in [-0.15, -0.1) is 10.2 Å². The fourth-order valence-electron chi connectivity index (χ4n) is 1.76. The van der Waals surface area contributed by atoms with Gasteiger partial charge in [-0.05, 0) is 13.8 Å². The molecule has 19 heavy (non-hydrogen) atoms. The smallest absolute Gasteiger partial charge is 0.317 e. The van der Waals surface area contributed by atoms with Crippen molar-refractivity contribution in [2.45, 2.75) is 26.4 Å². The molecular weight excluding hydrogens is 246 g/mol. The van der Waals surface area contributed by atoms with E-state index in [4.69, 9.17) is 4.74 Å². The maximum absolute atomic E-state index is 11.8. The van der Waals surface area contributed by atoms with E-state index in [-0.39, 0.29) is 12.1 Å². The summed E-state index contributed by atoms with van der Waals surface area (Å²) in [4.78, 5) is 13.4. The zero-order valence-electron chi connectivity index (χ0n) is 12.1. The predicted octanol–water partition coefficient (Wildman–Crippen LogP) is 0.424. The van der Waals surface area contributed by atoms with Crippen molar-refractivity contribution in [3.63, 3.8) is 0 Å². The average molecular weight is 269 g/mol. The molecule has 1 rings (SSSR count). The number of hydrogen-bond donors (Lipinski definition) is 1. The van der Waals surface area contributed by atoms with E-state index in [0.717, 1.165) is 5.82 Å². The zero-order valence-corrected chi connectivity index (χ0v) is 12.1. The Morgan fingerprint density at radius 1 is 1.63 bits per heavy atom. The Hall–Kier alpha value is -1.63. The topological polar surface area (TPSA) is 72.3 Å². The third-order valence-electron chi connectivity index (χ3n) is 2.76. The molecule has 7 nitrogen and oxygen atoms in total. The van der Waals surface area contributed by atoms with Crippen molar-refractivity contribution in [2.24, 2.45) is 7.05 Å². The largest absolute Gasteiger partial charge is 0.377 e. The van der Waals surface area contributed by atoms with Gasteiger partial charge in [-0.1, -0.05) is 0 Å². The van der Waals surface area contributed by atoms with Gasteiger partial charge < -0.3 is 19.5 Å². The third-order valence-corrected chi connectivity index (χ3v) is 2.76. The molecule has 0 aliphatic rings. The first-order valence-electron chi connectivity index (χ1n) is 6.48. The van der Waals surface area contributed by atoms with Crippen molar-refractivity contribution in [3.8, 4) is 0 Å². The van der Waals surface area contributed by atoms with Gasteiger partial charge in [0.25, 0.3) is 0 Å². The Morgan fingerprint density at radius 3 is 2.95 bits per heavy atom. The molecular formula is C12H23N5O2. The molecule has 0 unspecified atom stereocenters. The minimum absolute atomic E-state index is 0.0412. The average Bonchev–Trinajstić information content (AvgIpc) is 2.75. The van der Waals surface area contributed by atoms with E-state index in [1.54, 1.807) is 18.3 Å². The Bertz CT molecular complexity index is 393. The summed E-state index contributed by atoms with van der Waals surface area (Å²) in [6.07, 6.45) is 2.35. The maximum Gasteiger partial charge on any atom is 0.317 e. The molecule has 0 fully saturated rings. The number of nitrogens with zero attached hydrogens (tertiary/aromatic N) is 4. The van der Waals surface area contributed by atoms with Crippen LogP contribution in [0.5, 0.6) is 0 Å². The first-order valence-corrected chi connectivity index (χ1v) is 6.48. The highest BCUT2D eigenvalue weighted by Gasteiger charge is 2.12. The first kappa shape index (κ1) is 15.4.